The monoisotopic (exact) mass is 603 g/mol. The summed E-state index contributed by atoms with van der Waals surface area (Å²) < 4.78 is 11.4. The van der Waals surface area contributed by atoms with Gasteiger partial charge in [-0.1, -0.05) is 12.1 Å². The maximum absolute atomic E-state index is 13.9. The molecule has 7 nitrogen and oxygen atoms in total. The van der Waals surface area contributed by atoms with E-state index in [0.717, 1.165) is 22.3 Å². The molecule has 1 fully saturated rings. The van der Waals surface area contributed by atoms with Gasteiger partial charge in [0.25, 0.3) is 11.8 Å². The Kier molecular flexibility index (Phi) is 8.19. The average molecular weight is 605 g/mol. The van der Waals surface area contributed by atoms with E-state index in [1.165, 1.54) is 23.0 Å². The van der Waals surface area contributed by atoms with Crippen LogP contribution in [0.1, 0.15) is 27.8 Å². The van der Waals surface area contributed by atoms with Gasteiger partial charge in [-0.05, 0) is 126 Å². The highest BCUT2D eigenvalue weighted by atomic mass is 79.9. The van der Waals surface area contributed by atoms with Gasteiger partial charge in [-0.15, -0.1) is 0 Å². The molecule has 1 saturated heterocycles. The topological polar surface area (TPSA) is 82.9 Å². The molecule has 0 spiro atoms. The lowest BCUT2D eigenvalue weighted by molar-refractivity contribution is -0.120. The SMILES string of the molecule is COc1cc(C=C2C(=O)N(c3ccc(C)c(C)c3)C(=S)N(c3ccc(C)c(C)c3)C2=O)cc(Br)c1OCC#N. The lowest BCUT2D eigenvalue weighted by Crippen LogP contribution is -2.57. The minimum Gasteiger partial charge on any atom is -0.493 e. The summed E-state index contributed by atoms with van der Waals surface area (Å²) in [6.07, 6.45) is 1.51. The van der Waals surface area contributed by atoms with E-state index in [1.807, 2.05) is 70.2 Å². The molecule has 3 aromatic rings. The highest BCUT2D eigenvalue weighted by Gasteiger charge is 2.41. The smallest absolute Gasteiger partial charge is 0.270 e. The van der Waals surface area contributed by atoms with Crippen molar-refractivity contribution in [2.75, 3.05) is 23.5 Å². The number of thiocarbonyl (C=S) groups is 1. The molecule has 1 aliphatic rings. The first-order valence-corrected chi connectivity index (χ1v) is 13.2. The van der Waals surface area contributed by atoms with Crippen LogP contribution in [0.25, 0.3) is 6.08 Å². The van der Waals surface area contributed by atoms with Crippen molar-refractivity contribution in [3.63, 3.8) is 0 Å². The Hall–Kier alpha value is -4.00. The molecule has 0 saturated carbocycles. The number of hydrogen-bond acceptors (Lipinski definition) is 6. The van der Waals surface area contributed by atoms with Crippen molar-refractivity contribution in [2.45, 2.75) is 27.7 Å². The van der Waals surface area contributed by atoms with E-state index in [1.54, 1.807) is 12.1 Å². The number of aryl methyl sites for hydroxylation is 4. The fourth-order valence-corrected chi connectivity index (χ4v) is 5.10. The molecule has 2 amide bonds. The van der Waals surface area contributed by atoms with E-state index in [2.05, 4.69) is 15.9 Å². The molecule has 39 heavy (non-hydrogen) atoms. The molecule has 1 aliphatic heterocycles. The van der Waals surface area contributed by atoms with Crippen molar-refractivity contribution in [3.05, 3.63) is 86.4 Å². The Morgan fingerprint density at radius 2 is 1.44 bits per heavy atom. The number of ether oxygens (including phenoxy) is 2. The largest absolute Gasteiger partial charge is 0.493 e. The third-order valence-electron chi connectivity index (χ3n) is 6.59. The van der Waals surface area contributed by atoms with E-state index < -0.39 is 11.8 Å². The van der Waals surface area contributed by atoms with Crippen molar-refractivity contribution < 1.29 is 19.1 Å². The molecule has 4 rings (SSSR count). The van der Waals surface area contributed by atoms with E-state index in [-0.39, 0.29) is 17.3 Å². The fourth-order valence-electron chi connectivity index (χ4n) is 4.15. The van der Waals surface area contributed by atoms with Gasteiger partial charge in [0.05, 0.1) is 23.0 Å². The number of nitriles is 1. The molecule has 0 aliphatic carbocycles. The van der Waals surface area contributed by atoms with Crippen LogP contribution >= 0.6 is 28.1 Å². The van der Waals surface area contributed by atoms with E-state index in [0.29, 0.717) is 32.9 Å². The first-order valence-electron chi connectivity index (χ1n) is 12.0. The molecule has 0 radical (unpaired) electrons. The highest BCUT2D eigenvalue weighted by molar-refractivity contribution is 9.10. The van der Waals surface area contributed by atoms with Crippen LogP contribution in [0.5, 0.6) is 11.5 Å². The quantitative estimate of drug-likeness (QED) is 0.186. The number of carbonyl (C=O) groups is 2. The van der Waals surface area contributed by atoms with Crippen LogP contribution in [0.4, 0.5) is 11.4 Å². The summed E-state index contributed by atoms with van der Waals surface area (Å²) in [4.78, 5) is 30.6. The van der Waals surface area contributed by atoms with Crippen molar-refractivity contribution in [1.29, 1.82) is 5.26 Å². The van der Waals surface area contributed by atoms with Gasteiger partial charge in [-0.3, -0.25) is 19.4 Å². The number of methoxy groups -OCH3 is 1. The summed E-state index contributed by atoms with van der Waals surface area (Å²) in [5.41, 5.74) is 5.71. The molecule has 0 atom stereocenters. The maximum atomic E-state index is 13.9. The lowest BCUT2D eigenvalue weighted by Gasteiger charge is -2.37. The van der Waals surface area contributed by atoms with Crippen LogP contribution in [0.15, 0.2) is 58.6 Å². The second kappa shape index (κ2) is 11.4. The van der Waals surface area contributed by atoms with Crippen LogP contribution in [-0.4, -0.2) is 30.6 Å². The molecule has 0 unspecified atom stereocenters. The lowest BCUT2D eigenvalue weighted by atomic mass is 10.0. The number of rotatable bonds is 6. The molecule has 9 heteroatoms. The number of benzene rings is 3. The molecule has 0 aromatic heterocycles. The predicted molar refractivity (Wildman–Crippen MR) is 159 cm³/mol. The Morgan fingerprint density at radius 3 is 1.90 bits per heavy atom. The van der Waals surface area contributed by atoms with Crippen LogP contribution in [0.2, 0.25) is 0 Å². The standard InChI is InChI=1S/C30H26BrN3O4S/c1-17-6-8-22(12-19(17)3)33-28(35)24(14-21-15-25(31)27(38-11-10-32)26(16-21)37-5)29(36)34(30(33)39)23-9-7-18(2)20(4)13-23/h6-9,12-16H,11H2,1-5H3. The summed E-state index contributed by atoms with van der Waals surface area (Å²) in [6.45, 7) is 7.72. The van der Waals surface area contributed by atoms with Gasteiger partial charge in [0.1, 0.15) is 11.6 Å². The Labute approximate surface area is 241 Å². The highest BCUT2D eigenvalue weighted by Crippen LogP contribution is 2.38. The first kappa shape index (κ1) is 28.0. The van der Waals surface area contributed by atoms with Gasteiger partial charge in [-0.2, -0.15) is 5.26 Å². The van der Waals surface area contributed by atoms with Crippen molar-refractivity contribution in [3.8, 4) is 17.6 Å². The molecule has 1 heterocycles. The molecular formula is C30H26BrN3O4S. The molecule has 0 bridgehead atoms. The third-order valence-corrected chi connectivity index (χ3v) is 7.54. The van der Waals surface area contributed by atoms with Gasteiger partial charge < -0.3 is 9.47 Å². The van der Waals surface area contributed by atoms with Crippen LogP contribution in [0, 0.1) is 39.0 Å². The van der Waals surface area contributed by atoms with Gasteiger partial charge in [-0.25, -0.2) is 0 Å². The maximum Gasteiger partial charge on any atom is 0.270 e. The average Bonchev–Trinajstić information content (AvgIpc) is 2.89. The summed E-state index contributed by atoms with van der Waals surface area (Å²) in [5.74, 6) is -0.381. The summed E-state index contributed by atoms with van der Waals surface area (Å²) in [5, 5.41) is 8.98. The zero-order valence-corrected chi connectivity index (χ0v) is 24.6. The number of anilines is 2. The van der Waals surface area contributed by atoms with E-state index in [4.69, 9.17) is 27.0 Å². The second-order valence-corrected chi connectivity index (χ2v) is 10.4. The summed E-state index contributed by atoms with van der Waals surface area (Å²) in [6, 6.07) is 16.5. The minimum atomic E-state index is -0.534. The normalized spacial score (nSPS) is 13.5. The number of amides is 2. The Bertz CT molecular complexity index is 1520. The molecule has 198 valence electrons. The number of carbonyl (C=O) groups excluding carboxylic acids is 2. The number of hydrogen-bond donors (Lipinski definition) is 0. The Balaban J connectivity index is 1.89. The van der Waals surface area contributed by atoms with Crippen molar-refractivity contribution >= 4 is 62.5 Å². The molecule has 3 aromatic carbocycles. The van der Waals surface area contributed by atoms with Crippen LogP contribution in [0.3, 0.4) is 0 Å². The fraction of sp³-hybridized carbons (Fsp3) is 0.200. The zero-order chi connectivity index (χ0) is 28.4. The van der Waals surface area contributed by atoms with Gasteiger partial charge in [0.2, 0.25) is 0 Å². The first-order chi connectivity index (χ1) is 18.6. The van der Waals surface area contributed by atoms with Gasteiger partial charge in [0, 0.05) is 0 Å². The number of halogens is 1. The molecular weight excluding hydrogens is 578 g/mol. The van der Waals surface area contributed by atoms with Crippen molar-refractivity contribution in [1.82, 2.24) is 0 Å². The Morgan fingerprint density at radius 1 is 0.897 bits per heavy atom. The van der Waals surface area contributed by atoms with Gasteiger partial charge in [0.15, 0.2) is 23.2 Å². The van der Waals surface area contributed by atoms with Crippen molar-refractivity contribution in [2.24, 2.45) is 0 Å². The van der Waals surface area contributed by atoms with E-state index >= 15 is 0 Å². The van der Waals surface area contributed by atoms with Crippen LogP contribution in [-0.2, 0) is 9.59 Å². The summed E-state index contributed by atoms with van der Waals surface area (Å²) >= 11 is 9.21. The molecule has 0 N–H and O–H groups in total. The van der Waals surface area contributed by atoms with Gasteiger partial charge >= 0.3 is 0 Å². The summed E-state index contributed by atoms with van der Waals surface area (Å²) in [7, 11) is 1.47. The number of nitrogens with zero attached hydrogens (tertiary/aromatic N) is 3. The van der Waals surface area contributed by atoms with Crippen LogP contribution < -0.4 is 19.3 Å². The third kappa shape index (κ3) is 5.44. The zero-order valence-electron chi connectivity index (χ0n) is 22.2. The second-order valence-electron chi connectivity index (χ2n) is 9.14. The predicted octanol–water partition coefficient (Wildman–Crippen LogP) is 6.34. The van der Waals surface area contributed by atoms with E-state index in [9.17, 15) is 9.59 Å². The minimum absolute atomic E-state index is 0.0697.